The Kier molecular flexibility index (Phi) is 4.52. The lowest BCUT2D eigenvalue weighted by Crippen LogP contribution is -2.26. The number of rotatable bonds is 6. The summed E-state index contributed by atoms with van der Waals surface area (Å²) in [5.74, 6) is 0.325. The van der Waals surface area contributed by atoms with E-state index in [0.717, 1.165) is 29.4 Å². The Morgan fingerprint density at radius 2 is 1.85 bits per heavy atom. The highest BCUT2D eigenvalue weighted by atomic mass is 32.2. The number of carbonyl (C=O) groups is 1. The molecule has 4 rings (SSSR count). The molecule has 1 amide bonds. The van der Waals surface area contributed by atoms with Crippen molar-refractivity contribution in [2.45, 2.75) is 31.1 Å². The van der Waals surface area contributed by atoms with Crippen LogP contribution in [0.2, 0.25) is 0 Å². The number of aromatic nitrogens is 1. The molecular formula is C21H22N2O3S. The number of nitrogens with one attached hydrogen (secondary N) is 1. The summed E-state index contributed by atoms with van der Waals surface area (Å²) in [6.45, 7) is 2.49. The molecule has 1 aliphatic carbocycles. The predicted molar refractivity (Wildman–Crippen MR) is 105 cm³/mol. The smallest absolute Gasteiger partial charge is 0.268 e. The quantitative estimate of drug-likeness (QED) is 0.711. The van der Waals surface area contributed by atoms with Crippen LogP contribution in [0.5, 0.6) is 0 Å². The van der Waals surface area contributed by atoms with Crippen LogP contribution in [0.4, 0.5) is 0 Å². The molecule has 1 aromatic heterocycles. The first kappa shape index (κ1) is 17.8. The van der Waals surface area contributed by atoms with Crippen molar-refractivity contribution in [2.75, 3.05) is 6.54 Å². The minimum Gasteiger partial charge on any atom is -0.356 e. The molecule has 5 nitrogen and oxygen atoms in total. The maximum absolute atomic E-state index is 13.0. The van der Waals surface area contributed by atoms with Crippen LogP contribution in [-0.2, 0) is 21.2 Å². The molecule has 140 valence electrons. The second kappa shape index (κ2) is 6.85. The summed E-state index contributed by atoms with van der Waals surface area (Å²) >= 11 is 0. The number of hydrogen-bond donors (Lipinski definition) is 1. The molecule has 1 saturated carbocycles. The molecule has 0 atom stereocenters. The first-order chi connectivity index (χ1) is 12.9. The van der Waals surface area contributed by atoms with Crippen LogP contribution in [-0.4, -0.2) is 24.8 Å². The monoisotopic (exact) mass is 382 g/mol. The van der Waals surface area contributed by atoms with E-state index >= 15 is 0 Å². The maximum atomic E-state index is 13.0. The van der Waals surface area contributed by atoms with Gasteiger partial charge in [0.2, 0.25) is 5.91 Å². The van der Waals surface area contributed by atoms with E-state index in [4.69, 9.17) is 0 Å². The molecule has 0 aliphatic heterocycles. The van der Waals surface area contributed by atoms with Crippen molar-refractivity contribution in [1.82, 2.24) is 9.29 Å². The molecule has 1 aliphatic rings. The molecule has 0 radical (unpaired) electrons. The fourth-order valence-corrected chi connectivity index (χ4v) is 4.50. The van der Waals surface area contributed by atoms with Crippen LogP contribution < -0.4 is 5.32 Å². The van der Waals surface area contributed by atoms with Crippen molar-refractivity contribution >= 4 is 26.8 Å². The third-order valence-electron chi connectivity index (χ3n) is 4.96. The summed E-state index contributed by atoms with van der Waals surface area (Å²) in [5.41, 5.74) is 2.67. The van der Waals surface area contributed by atoms with Gasteiger partial charge in [-0.15, -0.1) is 0 Å². The predicted octanol–water partition coefficient (Wildman–Crippen LogP) is 3.26. The van der Waals surface area contributed by atoms with E-state index in [2.05, 4.69) is 5.32 Å². The first-order valence-electron chi connectivity index (χ1n) is 9.15. The zero-order chi connectivity index (χ0) is 19.0. The Hall–Kier alpha value is -2.60. The van der Waals surface area contributed by atoms with Crippen LogP contribution in [0, 0.1) is 12.8 Å². The topological polar surface area (TPSA) is 68.2 Å². The SMILES string of the molecule is Cc1ccc(S(=O)(=O)n2ccc3ccc(CCNC(=O)C4CC4)cc32)cc1. The second-order valence-electron chi connectivity index (χ2n) is 7.14. The van der Waals surface area contributed by atoms with E-state index < -0.39 is 10.0 Å². The molecule has 1 heterocycles. The van der Waals surface area contributed by atoms with Crippen molar-refractivity contribution in [3.05, 3.63) is 65.9 Å². The fraction of sp³-hybridized carbons (Fsp3) is 0.286. The highest BCUT2D eigenvalue weighted by Gasteiger charge is 2.29. The van der Waals surface area contributed by atoms with E-state index in [1.807, 2.05) is 25.1 Å². The lowest BCUT2D eigenvalue weighted by Gasteiger charge is -2.09. The molecule has 1 fully saturated rings. The van der Waals surface area contributed by atoms with Gasteiger partial charge in [-0.1, -0.05) is 29.8 Å². The number of aryl methyl sites for hydroxylation is 1. The molecule has 6 heteroatoms. The summed E-state index contributed by atoms with van der Waals surface area (Å²) in [6.07, 6.45) is 4.24. The second-order valence-corrected chi connectivity index (χ2v) is 8.95. The summed E-state index contributed by atoms with van der Waals surface area (Å²) < 4.78 is 27.4. The first-order valence-corrected chi connectivity index (χ1v) is 10.6. The minimum absolute atomic E-state index is 0.126. The van der Waals surface area contributed by atoms with Crippen molar-refractivity contribution in [1.29, 1.82) is 0 Å². The molecule has 1 N–H and O–H groups in total. The van der Waals surface area contributed by atoms with Crippen molar-refractivity contribution in [2.24, 2.45) is 5.92 Å². The third kappa shape index (κ3) is 3.62. The third-order valence-corrected chi connectivity index (χ3v) is 6.66. The van der Waals surface area contributed by atoms with Crippen molar-refractivity contribution < 1.29 is 13.2 Å². The Morgan fingerprint density at radius 3 is 2.56 bits per heavy atom. The molecular weight excluding hydrogens is 360 g/mol. The average molecular weight is 382 g/mol. The molecule has 0 unspecified atom stereocenters. The van der Waals surface area contributed by atoms with E-state index in [-0.39, 0.29) is 16.7 Å². The van der Waals surface area contributed by atoms with Gasteiger partial charge in [-0.2, -0.15) is 0 Å². The Balaban J connectivity index is 1.59. The summed E-state index contributed by atoms with van der Waals surface area (Å²) in [4.78, 5) is 12.0. The van der Waals surface area contributed by atoms with Crippen LogP contribution >= 0.6 is 0 Å². The highest BCUT2D eigenvalue weighted by Crippen LogP contribution is 2.28. The fourth-order valence-electron chi connectivity index (χ4n) is 3.16. The summed E-state index contributed by atoms with van der Waals surface area (Å²) in [5, 5.41) is 3.82. The number of hydrogen-bond acceptors (Lipinski definition) is 3. The molecule has 3 aromatic rings. The van der Waals surface area contributed by atoms with Gasteiger partial charge in [0.05, 0.1) is 10.4 Å². The van der Waals surface area contributed by atoms with Gasteiger partial charge < -0.3 is 5.32 Å². The van der Waals surface area contributed by atoms with Crippen LogP contribution in [0.1, 0.15) is 24.0 Å². The average Bonchev–Trinajstić information content (AvgIpc) is 3.41. The number of benzene rings is 2. The van der Waals surface area contributed by atoms with Gasteiger partial charge in [-0.05, 0) is 56.0 Å². The Bertz CT molecular complexity index is 1090. The lowest BCUT2D eigenvalue weighted by molar-refractivity contribution is -0.122. The van der Waals surface area contributed by atoms with E-state index in [1.54, 1.807) is 36.5 Å². The number of nitrogens with zero attached hydrogens (tertiary/aromatic N) is 1. The van der Waals surface area contributed by atoms with Crippen LogP contribution in [0.3, 0.4) is 0 Å². The minimum atomic E-state index is -3.65. The van der Waals surface area contributed by atoms with E-state index in [0.29, 0.717) is 18.5 Å². The van der Waals surface area contributed by atoms with Gasteiger partial charge in [0.15, 0.2) is 0 Å². The highest BCUT2D eigenvalue weighted by molar-refractivity contribution is 7.90. The molecule has 2 aromatic carbocycles. The van der Waals surface area contributed by atoms with Crippen molar-refractivity contribution in [3.63, 3.8) is 0 Å². The van der Waals surface area contributed by atoms with E-state index in [9.17, 15) is 13.2 Å². The lowest BCUT2D eigenvalue weighted by atomic mass is 10.1. The Labute approximate surface area is 159 Å². The van der Waals surface area contributed by atoms with Crippen LogP contribution in [0.15, 0.2) is 59.6 Å². The summed E-state index contributed by atoms with van der Waals surface area (Å²) in [7, 11) is -3.65. The normalized spacial score (nSPS) is 14.4. The molecule has 0 bridgehead atoms. The number of carbonyl (C=O) groups excluding carboxylic acids is 1. The van der Waals surface area contributed by atoms with E-state index in [1.165, 1.54) is 3.97 Å². The number of amides is 1. The van der Waals surface area contributed by atoms with Gasteiger partial charge in [-0.3, -0.25) is 4.79 Å². The Morgan fingerprint density at radius 1 is 1.11 bits per heavy atom. The zero-order valence-electron chi connectivity index (χ0n) is 15.2. The van der Waals surface area contributed by atoms with Gasteiger partial charge in [-0.25, -0.2) is 12.4 Å². The van der Waals surface area contributed by atoms with Gasteiger partial charge in [0.25, 0.3) is 10.0 Å². The maximum Gasteiger partial charge on any atom is 0.268 e. The van der Waals surface area contributed by atoms with Gasteiger partial charge in [0.1, 0.15) is 0 Å². The molecule has 0 saturated heterocycles. The standard InChI is InChI=1S/C21H22N2O3S/c1-15-2-8-19(9-3-15)27(25,26)23-13-11-17-5-4-16(14-20(17)23)10-12-22-21(24)18-6-7-18/h2-5,8-9,11,13-14,18H,6-7,10,12H2,1H3,(H,22,24). The van der Waals surface area contributed by atoms with Gasteiger partial charge in [0, 0.05) is 24.0 Å². The number of fused-ring (bicyclic) bond motifs is 1. The van der Waals surface area contributed by atoms with Crippen molar-refractivity contribution in [3.8, 4) is 0 Å². The zero-order valence-corrected chi connectivity index (χ0v) is 16.0. The van der Waals surface area contributed by atoms with Crippen LogP contribution in [0.25, 0.3) is 10.9 Å². The summed E-state index contributed by atoms with van der Waals surface area (Å²) in [6, 6.07) is 14.5. The van der Waals surface area contributed by atoms with Gasteiger partial charge >= 0.3 is 0 Å². The largest absolute Gasteiger partial charge is 0.356 e. The molecule has 27 heavy (non-hydrogen) atoms. The molecule has 0 spiro atoms.